The molecule has 0 saturated carbocycles. The minimum absolute atomic E-state index is 0. The van der Waals surface area contributed by atoms with Gasteiger partial charge in [0.25, 0.3) is 5.91 Å². The molecule has 1 heterocycles. The molecule has 7 heteroatoms. The molecule has 1 aromatic carbocycles. The van der Waals surface area contributed by atoms with Crippen molar-refractivity contribution in [1.82, 2.24) is 16.0 Å². The van der Waals surface area contributed by atoms with Crippen molar-refractivity contribution in [2.24, 2.45) is 4.99 Å². The molecule has 142 valence electrons. The zero-order chi connectivity index (χ0) is 18.1. The number of amides is 1. The van der Waals surface area contributed by atoms with E-state index < -0.39 is 0 Å². The van der Waals surface area contributed by atoms with Crippen molar-refractivity contribution >= 4 is 35.8 Å². The molecule has 0 radical (unpaired) electrons. The van der Waals surface area contributed by atoms with Gasteiger partial charge in [0.1, 0.15) is 0 Å². The number of hydrogen-bond acceptors (Lipinski definition) is 3. The fraction of sp³-hybridized carbons (Fsp3) is 0.368. The Kier molecular flexibility index (Phi) is 9.79. The SMILES string of the molecule is CN=C(NCCNC(=O)c1ccco1)NCC(C)c1ccc(C)cc1.I. The van der Waals surface area contributed by atoms with Gasteiger partial charge in [-0.15, -0.1) is 24.0 Å². The number of benzene rings is 1. The molecule has 26 heavy (non-hydrogen) atoms. The van der Waals surface area contributed by atoms with Gasteiger partial charge in [0, 0.05) is 26.7 Å². The van der Waals surface area contributed by atoms with Crippen LogP contribution in [0.15, 0.2) is 52.1 Å². The Labute approximate surface area is 171 Å². The summed E-state index contributed by atoms with van der Waals surface area (Å²) >= 11 is 0. The van der Waals surface area contributed by atoms with E-state index in [-0.39, 0.29) is 29.9 Å². The lowest BCUT2D eigenvalue weighted by Gasteiger charge is -2.16. The Morgan fingerprint density at radius 1 is 1.12 bits per heavy atom. The fourth-order valence-electron chi connectivity index (χ4n) is 2.34. The van der Waals surface area contributed by atoms with Gasteiger partial charge >= 0.3 is 0 Å². The number of carbonyl (C=O) groups is 1. The summed E-state index contributed by atoms with van der Waals surface area (Å²) in [6.07, 6.45) is 1.48. The van der Waals surface area contributed by atoms with Gasteiger partial charge in [0.15, 0.2) is 11.7 Å². The molecule has 0 saturated heterocycles. The number of guanidine groups is 1. The minimum Gasteiger partial charge on any atom is -0.459 e. The van der Waals surface area contributed by atoms with E-state index >= 15 is 0 Å². The Bertz CT molecular complexity index is 684. The molecule has 0 fully saturated rings. The van der Waals surface area contributed by atoms with E-state index in [1.165, 1.54) is 17.4 Å². The molecule has 0 aliphatic heterocycles. The Balaban J connectivity index is 0.00000338. The standard InChI is InChI=1S/C19H26N4O2.HI/c1-14-6-8-16(9-7-14)15(2)13-23-19(20-3)22-11-10-21-18(24)17-5-4-12-25-17;/h4-9,12,15H,10-11,13H2,1-3H3,(H,21,24)(H2,20,22,23);1H. The molecular weight excluding hydrogens is 443 g/mol. The van der Waals surface area contributed by atoms with Crippen LogP contribution in [0.2, 0.25) is 0 Å². The Morgan fingerprint density at radius 3 is 2.42 bits per heavy atom. The fourth-order valence-corrected chi connectivity index (χ4v) is 2.34. The first-order chi connectivity index (χ1) is 12.1. The zero-order valence-electron chi connectivity index (χ0n) is 15.4. The first-order valence-corrected chi connectivity index (χ1v) is 8.43. The van der Waals surface area contributed by atoms with Crippen molar-refractivity contribution < 1.29 is 9.21 Å². The van der Waals surface area contributed by atoms with Crippen molar-refractivity contribution in [3.05, 3.63) is 59.5 Å². The van der Waals surface area contributed by atoms with Gasteiger partial charge < -0.3 is 20.4 Å². The smallest absolute Gasteiger partial charge is 0.287 e. The van der Waals surface area contributed by atoms with E-state index in [1.807, 2.05) is 0 Å². The number of furan rings is 1. The molecule has 0 aliphatic rings. The van der Waals surface area contributed by atoms with Crippen molar-refractivity contribution in [3.63, 3.8) is 0 Å². The van der Waals surface area contributed by atoms with E-state index in [1.54, 1.807) is 19.2 Å². The normalized spacial score (nSPS) is 12.0. The molecule has 1 amide bonds. The zero-order valence-corrected chi connectivity index (χ0v) is 17.7. The van der Waals surface area contributed by atoms with E-state index in [4.69, 9.17) is 4.42 Å². The molecule has 2 aromatic rings. The molecule has 0 aliphatic carbocycles. The van der Waals surface area contributed by atoms with Crippen LogP contribution in [0.5, 0.6) is 0 Å². The third-order valence-electron chi connectivity index (χ3n) is 3.89. The summed E-state index contributed by atoms with van der Waals surface area (Å²) in [6.45, 7) is 6.10. The highest BCUT2D eigenvalue weighted by molar-refractivity contribution is 14.0. The van der Waals surface area contributed by atoms with Crippen molar-refractivity contribution in [3.8, 4) is 0 Å². The molecule has 0 spiro atoms. The van der Waals surface area contributed by atoms with E-state index in [9.17, 15) is 4.79 Å². The van der Waals surface area contributed by atoms with Crippen LogP contribution in [0.1, 0.15) is 34.5 Å². The number of rotatable bonds is 7. The van der Waals surface area contributed by atoms with Crippen LogP contribution < -0.4 is 16.0 Å². The quantitative estimate of drug-likeness (QED) is 0.252. The summed E-state index contributed by atoms with van der Waals surface area (Å²) < 4.78 is 5.04. The average molecular weight is 470 g/mol. The number of halogens is 1. The maximum atomic E-state index is 11.7. The predicted octanol–water partition coefficient (Wildman–Crippen LogP) is 2.90. The summed E-state index contributed by atoms with van der Waals surface area (Å²) in [5, 5.41) is 9.27. The van der Waals surface area contributed by atoms with Gasteiger partial charge in [-0.05, 0) is 30.5 Å². The Hall–Kier alpha value is -2.03. The largest absolute Gasteiger partial charge is 0.459 e. The Morgan fingerprint density at radius 2 is 1.81 bits per heavy atom. The lowest BCUT2D eigenvalue weighted by molar-refractivity contribution is 0.0926. The lowest BCUT2D eigenvalue weighted by Crippen LogP contribution is -2.42. The summed E-state index contributed by atoms with van der Waals surface area (Å²) in [5.74, 6) is 1.18. The van der Waals surface area contributed by atoms with Crippen molar-refractivity contribution in [2.45, 2.75) is 19.8 Å². The second-order valence-corrected chi connectivity index (χ2v) is 5.92. The van der Waals surface area contributed by atoms with Crippen LogP contribution in [0.25, 0.3) is 0 Å². The first kappa shape index (κ1) is 22.0. The number of nitrogens with one attached hydrogen (secondary N) is 3. The molecule has 3 N–H and O–H groups in total. The summed E-state index contributed by atoms with van der Waals surface area (Å²) in [5.41, 5.74) is 2.55. The van der Waals surface area contributed by atoms with Crippen LogP contribution in [-0.4, -0.2) is 38.5 Å². The van der Waals surface area contributed by atoms with Crippen LogP contribution in [-0.2, 0) is 0 Å². The molecule has 1 unspecified atom stereocenters. The van der Waals surface area contributed by atoms with Gasteiger partial charge in [-0.25, -0.2) is 0 Å². The molecule has 1 atom stereocenters. The molecular formula is C19H27IN4O2. The minimum atomic E-state index is -0.220. The summed E-state index contributed by atoms with van der Waals surface area (Å²) in [4.78, 5) is 15.9. The van der Waals surface area contributed by atoms with Gasteiger partial charge in [0.2, 0.25) is 0 Å². The average Bonchev–Trinajstić information content (AvgIpc) is 3.16. The number of nitrogens with zero attached hydrogens (tertiary/aromatic N) is 1. The predicted molar refractivity (Wildman–Crippen MR) is 115 cm³/mol. The van der Waals surface area contributed by atoms with Crippen molar-refractivity contribution in [1.29, 1.82) is 0 Å². The van der Waals surface area contributed by atoms with Gasteiger partial charge in [-0.2, -0.15) is 0 Å². The molecule has 2 rings (SSSR count). The van der Waals surface area contributed by atoms with E-state index in [0.717, 1.165) is 6.54 Å². The highest BCUT2D eigenvalue weighted by Crippen LogP contribution is 2.14. The first-order valence-electron chi connectivity index (χ1n) is 8.43. The van der Waals surface area contributed by atoms with Gasteiger partial charge in [0.05, 0.1) is 6.26 Å². The van der Waals surface area contributed by atoms with Gasteiger partial charge in [-0.1, -0.05) is 36.8 Å². The van der Waals surface area contributed by atoms with Crippen LogP contribution in [0.3, 0.4) is 0 Å². The van der Waals surface area contributed by atoms with Crippen LogP contribution in [0.4, 0.5) is 0 Å². The second-order valence-electron chi connectivity index (χ2n) is 5.92. The summed E-state index contributed by atoms with van der Waals surface area (Å²) in [6, 6.07) is 11.9. The highest BCUT2D eigenvalue weighted by atomic mass is 127. The summed E-state index contributed by atoms with van der Waals surface area (Å²) in [7, 11) is 1.73. The second kappa shape index (κ2) is 11.6. The molecule has 1 aromatic heterocycles. The number of aliphatic imine (C=N–C) groups is 1. The highest BCUT2D eigenvalue weighted by Gasteiger charge is 2.08. The van der Waals surface area contributed by atoms with E-state index in [2.05, 4.69) is 59.1 Å². The lowest BCUT2D eigenvalue weighted by atomic mass is 10.0. The van der Waals surface area contributed by atoms with Crippen molar-refractivity contribution in [2.75, 3.05) is 26.7 Å². The number of aryl methyl sites for hydroxylation is 1. The number of hydrogen-bond donors (Lipinski definition) is 3. The van der Waals surface area contributed by atoms with Crippen LogP contribution >= 0.6 is 24.0 Å². The van der Waals surface area contributed by atoms with Crippen LogP contribution in [0, 0.1) is 6.92 Å². The van der Waals surface area contributed by atoms with Gasteiger partial charge in [-0.3, -0.25) is 9.79 Å². The van der Waals surface area contributed by atoms with E-state index in [0.29, 0.717) is 30.7 Å². The molecule has 6 nitrogen and oxygen atoms in total. The number of carbonyl (C=O) groups excluding carboxylic acids is 1. The molecule has 0 bridgehead atoms. The maximum absolute atomic E-state index is 11.7. The maximum Gasteiger partial charge on any atom is 0.287 e. The topological polar surface area (TPSA) is 78.7 Å². The third-order valence-corrected chi connectivity index (χ3v) is 3.89. The monoisotopic (exact) mass is 470 g/mol. The third kappa shape index (κ3) is 7.07.